The van der Waals surface area contributed by atoms with Gasteiger partial charge in [0.05, 0.1) is 5.92 Å². The molecule has 4 nitrogen and oxygen atoms in total. The van der Waals surface area contributed by atoms with Gasteiger partial charge in [-0.15, -0.1) is 0 Å². The second-order valence-electron chi connectivity index (χ2n) is 6.38. The summed E-state index contributed by atoms with van der Waals surface area (Å²) in [6.45, 7) is 7.82. The molecule has 22 heavy (non-hydrogen) atoms. The fourth-order valence-electron chi connectivity index (χ4n) is 2.72. The molecule has 1 N–H and O–H groups in total. The van der Waals surface area contributed by atoms with E-state index in [1.54, 1.807) is 4.90 Å². The van der Waals surface area contributed by atoms with Crippen LogP contribution in [-0.2, 0) is 16.1 Å². The fraction of sp³-hybridized carbons (Fsp3) is 0.529. The van der Waals surface area contributed by atoms with Gasteiger partial charge in [-0.2, -0.15) is 0 Å². The van der Waals surface area contributed by atoms with E-state index < -0.39 is 0 Å². The third-order valence-corrected chi connectivity index (χ3v) is 4.17. The average Bonchev–Trinajstić information content (AvgIpc) is 2.80. The zero-order valence-corrected chi connectivity index (χ0v) is 14.1. The highest BCUT2D eigenvalue weighted by atomic mass is 35.5. The van der Waals surface area contributed by atoms with Crippen LogP contribution in [0.4, 0.5) is 0 Å². The molecule has 2 rings (SSSR count). The van der Waals surface area contributed by atoms with Crippen molar-refractivity contribution in [2.45, 2.75) is 33.7 Å². The Morgan fingerprint density at radius 2 is 2.18 bits per heavy atom. The summed E-state index contributed by atoms with van der Waals surface area (Å²) in [5.74, 6) is 0.192. The molecule has 0 aromatic heterocycles. The second-order valence-corrected chi connectivity index (χ2v) is 6.82. The Labute approximate surface area is 136 Å². The highest BCUT2D eigenvalue weighted by Gasteiger charge is 2.34. The number of rotatable bonds is 5. The lowest BCUT2D eigenvalue weighted by molar-refractivity contribution is -0.129. The second kappa shape index (κ2) is 7.14. The molecule has 0 aliphatic carbocycles. The minimum Gasteiger partial charge on any atom is -0.352 e. The molecule has 1 aromatic rings. The number of benzene rings is 1. The molecule has 1 aliphatic heterocycles. The van der Waals surface area contributed by atoms with Crippen LogP contribution in [0.1, 0.15) is 31.4 Å². The van der Waals surface area contributed by atoms with Crippen LogP contribution in [0.25, 0.3) is 0 Å². The normalized spacial score (nSPS) is 18.1. The SMILES string of the molecule is Cc1ccc(Cl)cc1CNC(=O)C1CC(=O)N(CC(C)C)C1. The highest BCUT2D eigenvalue weighted by Crippen LogP contribution is 2.20. The topological polar surface area (TPSA) is 49.4 Å². The number of amides is 2. The zero-order valence-electron chi connectivity index (χ0n) is 13.4. The third kappa shape index (κ3) is 4.23. The van der Waals surface area contributed by atoms with Crippen LogP contribution in [0.2, 0.25) is 5.02 Å². The quantitative estimate of drug-likeness (QED) is 0.906. The Bertz CT molecular complexity index is 572. The van der Waals surface area contributed by atoms with Crippen molar-refractivity contribution in [1.82, 2.24) is 10.2 Å². The monoisotopic (exact) mass is 322 g/mol. The van der Waals surface area contributed by atoms with Crippen LogP contribution in [0.3, 0.4) is 0 Å². The first-order valence-electron chi connectivity index (χ1n) is 7.67. The maximum atomic E-state index is 12.3. The minimum absolute atomic E-state index is 0.0565. The Morgan fingerprint density at radius 3 is 2.86 bits per heavy atom. The van der Waals surface area contributed by atoms with Crippen molar-refractivity contribution in [3.8, 4) is 0 Å². The van der Waals surface area contributed by atoms with Gasteiger partial charge in [0.2, 0.25) is 11.8 Å². The van der Waals surface area contributed by atoms with Crippen LogP contribution >= 0.6 is 11.6 Å². The summed E-state index contributed by atoms with van der Waals surface area (Å²) in [6.07, 6.45) is 0.313. The van der Waals surface area contributed by atoms with E-state index in [0.29, 0.717) is 30.5 Å². The molecular weight excluding hydrogens is 300 g/mol. The van der Waals surface area contributed by atoms with E-state index >= 15 is 0 Å². The van der Waals surface area contributed by atoms with Gasteiger partial charge in [-0.3, -0.25) is 9.59 Å². The number of likely N-dealkylation sites (tertiary alicyclic amines) is 1. The summed E-state index contributed by atoms with van der Waals surface area (Å²) in [7, 11) is 0. The van der Waals surface area contributed by atoms with E-state index in [1.165, 1.54) is 0 Å². The number of nitrogens with one attached hydrogen (secondary N) is 1. The van der Waals surface area contributed by atoms with Crippen LogP contribution in [0, 0.1) is 18.8 Å². The van der Waals surface area contributed by atoms with Crippen molar-refractivity contribution in [1.29, 1.82) is 0 Å². The van der Waals surface area contributed by atoms with Gasteiger partial charge in [-0.1, -0.05) is 31.5 Å². The lowest BCUT2D eigenvalue weighted by atomic mass is 10.1. The Hall–Kier alpha value is -1.55. The van der Waals surface area contributed by atoms with Gasteiger partial charge >= 0.3 is 0 Å². The van der Waals surface area contributed by atoms with Crippen LogP contribution in [0.5, 0.6) is 0 Å². The molecule has 0 radical (unpaired) electrons. The van der Waals surface area contributed by atoms with E-state index in [4.69, 9.17) is 11.6 Å². The lowest BCUT2D eigenvalue weighted by Gasteiger charge is -2.18. The van der Waals surface area contributed by atoms with Gasteiger partial charge in [0.25, 0.3) is 0 Å². The van der Waals surface area contributed by atoms with Gasteiger partial charge < -0.3 is 10.2 Å². The molecule has 1 aliphatic rings. The predicted octanol–water partition coefficient (Wildman–Crippen LogP) is 2.77. The molecule has 1 saturated heterocycles. The van der Waals surface area contributed by atoms with Gasteiger partial charge in [0.1, 0.15) is 0 Å². The number of halogens is 1. The highest BCUT2D eigenvalue weighted by molar-refractivity contribution is 6.30. The van der Waals surface area contributed by atoms with Crippen LogP contribution < -0.4 is 5.32 Å². The fourth-order valence-corrected chi connectivity index (χ4v) is 2.92. The summed E-state index contributed by atoms with van der Waals surface area (Å²) in [4.78, 5) is 26.0. The smallest absolute Gasteiger partial charge is 0.225 e. The van der Waals surface area contributed by atoms with Gasteiger partial charge in [0.15, 0.2) is 0 Å². The van der Waals surface area contributed by atoms with Crippen molar-refractivity contribution < 1.29 is 9.59 Å². The van der Waals surface area contributed by atoms with Crippen molar-refractivity contribution in [3.63, 3.8) is 0 Å². The molecule has 0 bridgehead atoms. The Balaban J connectivity index is 1.90. The largest absolute Gasteiger partial charge is 0.352 e. The number of carbonyl (C=O) groups excluding carboxylic acids is 2. The first-order chi connectivity index (χ1) is 10.4. The lowest BCUT2D eigenvalue weighted by Crippen LogP contribution is -2.33. The van der Waals surface area contributed by atoms with Crippen LogP contribution in [0.15, 0.2) is 18.2 Å². The van der Waals surface area contributed by atoms with Crippen molar-refractivity contribution in [2.24, 2.45) is 11.8 Å². The standard InChI is InChI=1S/C17H23ClN2O2/c1-11(2)9-20-10-14(7-16(20)21)17(22)19-8-13-6-15(18)5-4-12(13)3/h4-6,11,14H,7-10H2,1-3H3,(H,19,22). The average molecular weight is 323 g/mol. The summed E-state index contributed by atoms with van der Waals surface area (Å²) in [5, 5.41) is 3.59. The van der Waals surface area contributed by atoms with Gasteiger partial charge in [-0.25, -0.2) is 0 Å². The number of carbonyl (C=O) groups is 2. The van der Waals surface area contributed by atoms with Crippen molar-refractivity contribution in [2.75, 3.05) is 13.1 Å². The van der Waals surface area contributed by atoms with Gasteiger partial charge in [0, 0.05) is 31.1 Å². The molecule has 1 unspecified atom stereocenters. The van der Waals surface area contributed by atoms with E-state index in [9.17, 15) is 9.59 Å². The molecule has 1 heterocycles. The van der Waals surface area contributed by atoms with E-state index in [1.807, 2.05) is 25.1 Å². The molecule has 120 valence electrons. The molecule has 0 saturated carbocycles. The molecule has 0 spiro atoms. The zero-order chi connectivity index (χ0) is 16.3. The van der Waals surface area contributed by atoms with Gasteiger partial charge in [-0.05, 0) is 36.1 Å². The summed E-state index contributed by atoms with van der Waals surface area (Å²) >= 11 is 5.98. The molecule has 1 atom stereocenters. The maximum Gasteiger partial charge on any atom is 0.225 e. The molecule has 1 aromatic carbocycles. The maximum absolute atomic E-state index is 12.3. The Kier molecular flexibility index (Phi) is 5.46. The predicted molar refractivity (Wildman–Crippen MR) is 87.6 cm³/mol. The summed E-state index contributed by atoms with van der Waals surface area (Å²) in [5.41, 5.74) is 2.10. The third-order valence-electron chi connectivity index (χ3n) is 3.94. The first-order valence-corrected chi connectivity index (χ1v) is 8.05. The molecular formula is C17H23ClN2O2. The number of aryl methyl sites for hydroxylation is 1. The number of hydrogen-bond acceptors (Lipinski definition) is 2. The van der Waals surface area contributed by atoms with E-state index in [-0.39, 0.29) is 17.7 Å². The number of hydrogen-bond donors (Lipinski definition) is 1. The number of nitrogens with zero attached hydrogens (tertiary/aromatic N) is 1. The summed E-state index contributed by atoms with van der Waals surface area (Å²) in [6, 6.07) is 5.64. The molecule has 1 fully saturated rings. The molecule has 5 heteroatoms. The minimum atomic E-state index is -0.245. The van der Waals surface area contributed by atoms with Crippen molar-refractivity contribution >= 4 is 23.4 Å². The summed E-state index contributed by atoms with van der Waals surface area (Å²) < 4.78 is 0. The van der Waals surface area contributed by atoms with E-state index in [2.05, 4.69) is 19.2 Å². The molecule has 2 amide bonds. The van der Waals surface area contributed by atoms with Crippen LogP contribution in [-0.4, -0.2) is 29.8 Å². The Morgan fingerprint density at radius 1 is 1.45 bits per heavy atom. The first kappa shape index (κ1) is 16.8. The van der Waals surface area contributed by atoms with Crippen molar-refractivity contribution in [3.05, 3.63) is 34.3 Å². The van der Waals surface area contributed by atoms with E-state index in [0.717, 1.165) is 17.7 Å².